The third-order valence-corrected chi connectivity index (χ3v) is 5.50. The van der Waals surface area contributed by atoms with Crippen LogP contribution in [0.4, 0.5) is 0 Å². The van der Waals surface area contributed by atoms with Crippen molar-refractivity contribution in [3.8, 4) is 5.75 Å². The van der Waals surface area contributed by atoms with Gasteiger partial charge in [0.15, 0.2) is 5.78 Å². The first kappa shape index (κ1) is 19.8. The Balaban J connectivity index is 1.45. The lowest BCUT2D eigenvalue weighted by molar-refractivity contribution is -0.139. The summed E-state index contributed by atoms with van der Waals surface area (Å²) in [4.78, 5) is 39.6. The highest BCUT2D eigenvalue weighted by molar-refractivity contribution is 5.99. The van der Waals surface area contributed by atoms with E-state index in [9.17, 15) is 14.4 Å². The van der Waals surface area contributed by atoms with Gasteiger partial charge >= 0.3 is 11.9 Å². The largest absolute Gasteiger partial charge is 0.480 e. The number of ether oxygens (including phenoxy) is 1. The molecular formula is C23H22N2O5. The number of para-hydroxylation sites is 1. The van der Waals surface area contributed by atoms with Crippen LogP contribution in [-0.2, 0) is 16.0 Å². The maximum atomic E-state index is 12.7. The number of fused-ring (bicyclic) bond motifs is 1. The highest BCUT2D eigenvalue weighted by Crippen LogP contribution is 2.25. The molecular weight excluding hydrogens is 384 g/mol. The van der Waals surface area contributed by atoms with Gasteiger partial charge in [0.1, 0.15) is 11.8 Å². The second-order valence-electron chi connectivity index (χ2n) is 7.55. The molecule has 1 aliphatic heterocycles. The van der Waals surface area contributed by atoms with Gasteiger partial charge in [-0.2, -0.15) is 0 Å². The average molecular weight is 406 g/mol. The molecule has 154 valence electrons. The molecule has 1 unspecified atom stereocenters. The van der Waals surface area contributed by atoms with Crippen LogP contribution < -0.4 is 10.1 Å². The standard InChI is InChI=1S/C23H22N2O5/c1-13-18(17-7-2-3-8-19(17)25-13)11-21(26)30-16-6-4-5-14(9-16)22(27)15-10-20(23(28)29)24-12-15/h2-9,15,20,24-25H,10-12H2,1H3,(H,28,29)/t15?,20-/m0/s1. The number of hydrogen-bond donors (Lipinski definition) is 3. The molecule has 2 aromatic carbocycles. The van der Waals surface area contributed by atoms with Crippen molar-refractivity contribution >= 4 is 28.6 Å². The fraction of sp³-hybridized carbons (Fsp3) is 0.261. The molecule has 0 amide bonds. The van der Waals surface area contributed by atoms with E-state index in [4.69, 9.17) is 9.84 Å². The maximum absolute atomic E-state index is 12.7. The van der Waals surface area contributed by atoms with Gasteiger partial charge in [0.25, 0.3) is 0 Å². The van der Waals surface area contributed by atoms with Gasteiger partial charge in [0, 0.05) is 34.6 Å². The van der Waals surface area contributed by atoms with Crippen molar-refractivity contribution in [2.45, 2.75) is 25.8 Å². The molecule has 3 N–H and O–H groups in total. The van der Waals surface area contributed by atoms with Crippen molar-refractivity contribution in [2.75, 3.05) is 6.54 Å². The van der Waals surface area contributed by atoms with Gasteiger partial charge in [0.2, 0.25) is 0 Å². The van der Waals surface area contributed by atoms with E-state index in [2.05, 4.69) is 10.3 Å². The molecule has 7 nitrogen and oxygen atoms in total. The Morgan fingerprint density at radius 1 is 1.13 bits per heavy atom. The lowest BCUT2D eigenvalue weighted by atomic mass is 9.95. The molecule has 0 bridgehead atoms. The Labute approximate surface area is 173 Å². The van der Waals surface area contributed by atoms with Crippen molar-refractivity contribution in [1.82, 2.24) is 10.3 Å². The number of carbonyl (C=O) groups excluding carboxylic acids is 2. The predicted molar refractivity (Wildman–Crippen MR) is 111 cm³/mol. The Morgan fingerprint density at radius 3 is 2.70 bits per heavy atom. The van der Waals surface area contributed by atoms with Crippen LogP contribution in [-0.4, -0.2) is 40.4 Å². The van der Waals surface area contributed by atoms with Gasteiger partial charge in [-0.05, 0) is 37.1 Å². The topological polar surface area (TPSA) is 108 Å². The minimum atomic E-state index is -0.958. The number of H-pyrrole nitrogens is 1. The number of ketones is 1. The number of hydrogen-bond acceptors (Lipinski definition) is 5. The van der Waals surface area contributed by atoms with E-state index < -0.39 is 23.9 Å². The summed E-state index contributed by atoms with van der Waals surface area (Å²) < 4.78 is 5.49. The van der Waals surface area contributed by atoms with E-state index in [1.54, 1.807) is 18.2 Å². The van der Waals surface area contributed by atoms with E-state index in [1.165, 1.54) is 6.07 Å². The highest BCUT2D eigenvalue weighted by Gasteiger charge is 2.33. The summed E-state index contributed by atoms with van der Waals surface area (Å²) in [5, 5.41) is 12.9. The molecule has 3 aromatic rings. The zero-order valence-corrected chi connectivity index (χ0v) is 16.5. The molecule has 1 aliphatic rings. The fourth-order valence-electron chi connectivity index (χ4n) is 3.95. The van der Waals surface area contributed by atoms with Gasteiger partial charge < -0.3 is 20.1 Å². The molecule has 0 saturated carbocycles. The Kier molecular flexibility index (Phi) is 5.37. The first-order valence-electron chi connectivity index (χ1n) is 9.79. The van der Waals surface area contributed by atoms with Gasteiger partial charge in [-0.15, -0.1) is 0 Å². The molecule has 0 aliphatic carbocycles. The number of aliphatic carboxylic acids is 1. The lowest BCUT2D eigenvalue weighted by Crippen LogP contribution is -2.29. The van der Waals surface area contributed by atoms with E-state index >= 15 is 0 Å². The Hall–Kier alpha value is -3.45. The molecule has 1 aromatic heterocycles. The van der Waals surface area contributed by atoms with Crippen LogP contribution in [0.25, 0.3) is 10.9 Å². The average Bonchev–Trinajstić information content (AvgIpc) is 3.33. The number of nitrogens with one attached hydrogen (secondary N) is 2. The van der Waals surface area contributed by atoms with Crippen LogP contribution in [0, 0.1) is 12.8 Å². The quantitative estimate of drug-likeness (QED) is 0.330. The summed E-state index contributed by atoms with van der Waals surface area (Å²) in [6.45, 7) is 2.24. The molecule has 7 heteroatoms. The molecule has 1 fully saturated rings. The zero-order valence-electron chi connectivity index (χ0n) is 16.5. The van der Waals surface area contributed by atoms with Crippen molar-refractivity contribution in [3.63, 3.8) is 0 Å². The van der Waals surface area contributed by atoms with Gasteiger partial charge in [-0.3, -0.25) is 14.4 Å². The van der Waals surface area contributed by atoms with Gasteiger partial charge in [0.05, 0.1) is 6.42 Å². The first-order chi connectivity index (χ1) is 14.4. The van der Waals surface area contributed by atoms with Crippen LogP contribution >= 0.6 is 0 Å². The molecule has 30 heavy (non-hydrogen) atoms. The number of esters is 1. The summed E-state index contributed by atoms with van der Waals surface area (Å²) in [7, 11) is 0. The monoisotopic (exact) mass is 406 g/mol. The minimum absolute atomic E-state index is 0.112. The highest BCUT2D eigenvalue weighted by atomic mass is 16.5. The summed E-state index contributed by atoms with van der Waals surface area (Å²) in [6.07, 6.45) is 0.360. The molecule has 0 spiro atoms. The third kappa shape index (κ3) is 3.97. The SMILES string of the molecule is Cc1[nH]c2ccccc2c1CC(=O)Oc1cccc(C(=O)C2CN[C@H](C(=O)O)C2)c1. The first-order valence-corrected chi connectivity index (χ1v) is 9.79. The summed E-state index contributed by atoms with van der Waals surface area (Å²) in [5.41, 5.74) is 3.18. The van der Waals surface area contributed by atoms with Gasteiger partial charge in [-0.25, -0.2) is 0 Å². The number of aryl methyl sites for hydroxylation is 1. The summed E-state index contributed by atoms with van der Waals surface area (Å²) >= 11 is 0. The number of Topliss-reactive ketones (excluding diaryl/α,β-unsaturated/α-hetero) is 1. The van der Waals surface area contributed by atoms with Crippen molar-refractivity contribution in [2.24, 2.45) is 5.92 Å². The number of benzene rings is 2. The van der Waals surface area contributed by atoms with E-state index in [-0.39, 0.29) is 18.6 Å². The molecule has 2 atom stereocenters. The zero-order chi connectivity index (χ0) is 21.3. The number of aromatic amines is 1. The number of carboxylic acid groups (broad SMARTS) is 1. The van der Waals surface area contributed by atoms with Crippen LogP contribution in [0.5, 0.6) is 5.75 Å². The maximum Gasteiger partial charge on any atom is 0.320 e. The normalized spacial score (nSPS) is 18.4. The number of carbonyl (C=O) groups is 3. The second-order valence-corrected chi connectivity index (χ2v) is 7.55. The number of aromatic nitrogens is 1. The summed E-state index contributed by atoms with van der Waals surface area (Å²) in [6, 6.07) is 13.5. The van der Waals surface area contributed by atoms with E-state index in [1.807, 2.05) is 31.2 Å². The van der Waals surface area contributed by atoms with Crippen LogP contribution in [0.1, 0.15) is 28.0 Å². The van der Waals surface area contributed by atoms with Crippen LogP contribution in [0.3, 0.4) is 0 Å². The van der Waals surface area contributed by atoms with Crippen molar-refractivity contribution in [1.29, 1.82) is 0 Å². The Bertz CT molecular complexity index is 1130. The number of carboxylic acids is 1. The fourth-order valence-corrected chi connectivity index (χ4v) is 3.95. The molecule has 2 heterocycles. The van der Waals surface area contributed by atoms with Crippen molar-refractivity contribution in [3.05, 3.63) is 65.4 Å². The van der Waals surface area contributed by atoms with Crippen LogP contribution in [0.2, 0.25) is 0 Å². The van der Waals surface area contributed by atoms with Crippen LogP contribution in [0.15, 0.2) is 48.5 Å². The molecule has 0 radical (unpaired) electrons. The summed E-state index contributed by atoms with van der Waals surface area (Å²) in [5.74, 6) is -1.65. The van der Waals surface area contributed by atoms with Gasteiger partial charge in [-0.1, -0.05) is 30.3 Å². The second kappa shape index (κ2) is 8.12. The van der Waals surface area contributed by atoms with E-state index in [0.717, 1.165) is 22.2 Å². The minimum Gasteiger partial charge on any atom is -0.480 e. The smallest absolute Gasteiger partial charge is 0.320 e. The number of rotatable bonds is 6. The predicted octanol–water partition coefficient (Wildman–Crippen LogP) is 2.87. The third-order valence-electron chi connectivity index (χ3n) is 5.50. The van der Waals surface area contributed by atoms with Crippen molar-refractivity contribution < 1.29 is 24.2 Å². The Morgan fingerprint density at radius 2 is 1.93 bits per heavy atom. The molecule has 4 rings (SSSR count). The lowest BCUT2D eigenvalue weighted by Gasteiger charge is -2.10. The van der Waals surface area contributed by atoms with E-state index in [0.29, 0.717) is 17.9 Å². The molecule has 1 saturated heterocycles.